The molecule has 1 atom stereocenters. The van der Waals surface area contributed by atoms with Crippen LogP contribution in [0.5, 0.6) is 5.75 Å². The molecule has 108 valence electrons. The van der Waals surface area contributed by atoms with Crippen molar-refractivity contribution in [3.8, 4) is 11.8 Å². The van der Waals surface area contributed by atoms with Crippen molar-refractivity contribution in [3.05, 3.63) is 65.2 Å². The van der Waals surface area contributed by atoms with Gasteiger partial charge in [0.05, 0.1) is 12.0 Å². The van der Waals surface area contributed by atoms with Gasteiger partial charge >= 0.3 is 6.36 Å². The first-order valence-corrected chi connectivity index (χ1v) is 6.21. The second-order valence-corrected chi connectivity index (χ2v) is 4.60. The van der Waals surface area contributed by atoms with E-state index in [0.29, 0.717) is 5.56 Å². The zero-order valence-corrected chi connectivity index (χ0v) is 11.2. The Bertz CT molecular complexity index is 674. The molecular weight excluding hydrogens is 279 g/mol. The maximum absolute atomic E-state index is 12.2. The molecule has 0 N–H and O–H groups in total. The van der Waals surface area contributed by atoms with Gasteiger partial charge in [-0.1, -0.05) is 42.0 Å². The molecule has 2 nitrogen and oxygen atoms in total. The van der Waals surface area contributed by atoms with Crippen molar-refractivity contribution in [3.63, 3.8) is 0 Å². The monoisotopic (exact) mass is 291 g/mol. The Morgan fingerprint density at radius 2 is 1.67 bits per heavy atom. The molecule has 0 amide bonds. The molecule has 0 spiro atoms. The van der Waals surface area contributed by atoms with E-state index in [2.05, 4.69) is 10.8 Å². The van der Waals surface area contributed by atoms with Gasteiger partial charge in [-0.15, -0.1) is 13.2 Å². The Hall–Kier alpha value is -2.48. The third kappa shape index (κ3) is 3.99. The average Bonchev–Trinajstić information content (AvgIpc) is 2.38. The zero-order valence-electron chi connectivity index (χ0n) is 11.2. The molecule has 0 radical (unpaired) electrons. The second-order valence-electron chi connectivity index (χ2n) is 4.60. The van der Waals surface area contributed by atoms with Crippen LogP contribution in [0.2, 0.25) is 0 Å². The molecule has 0 aliphatic heterocycles. The molecule has 0 heterocycles. The summed E-state index contributed by atoms with van der Waals surface area (Å²) in [5.74, 6) is -0.963. The summed E-state index contributed by atoms with van der Waals surface area (Å²) in [6, 6.07) is 14.9. The average molecular weight is 291 g/mol. The molecule has 5 heteroatoms. The SMILES string of the molecule is Cc1cccc(C(C#N)c2cccc(OC(F)(F)F)c2)c1. The van der Waals surface area contributed by atoms with E-state index in [1.54, 1.807) is 12.1 Å². The standard InChI is InChI=1S/C16H12F3NO/c1-11-4-2-5-12(8-11)15(10-20)13-6-3-7-14(9-13)21-16(17,18)19/h2-9,15H,1H3. The molecule has 2 rings (SSSR count). The van der Waals surface area contributed by atoms with Gasteiger partial charge in [0.15, 0.2) is 0 Å². The van der Waals surface area contributed by atoms with Crippen molar-refractivity contribution < 1.29 is 17.9 Å². The zero-order chi connectivity index (χ0) is 15.5. The smallest absolute Gasteiger partial charge is 0.406 e. The molecule has 2 aromatic carbocycles. The Labute approximate surface area is 120 Å². The summed E-state index contributed by atoms with van der Waals surface area (Å²) in [7, 11) is 0. The van der Waals surface area contributed by atoms with Gasteiger partial charge in [0.2, 0.25) is 0 Å². The van der Waals surface area contributed by atoms with Crippen LogP contribution in [0.1, 0.15) is 22.6 Å². The number of nitriles is 1. The summed E-state index contributed by atoms with van der Waals surface area (Å²) in [5, 5.41) is 9.33. The van der Waals surface area contributed by atoms with E-state index >= 15 is 0 Å². The fraction of sp³-hybridized carbons (Fsp3) is 0.188. The quantitative estimate of drug-likeness (QED) is 0.831. The van der Waals surface area contributed by atoms with E-state index in [1.165, 1.54) is 18.2 Å². The number of alkyl halides is 3. The van der Waals surface area contributed by atoms with E-state index in [1.807, 2.05) is 25.1 Å². The molecule has 0 aliphatic carbocycles. The van der Waals surface area contributed by atoms with Gasteiger partial charge in [-0.05, 0) is 30.2 Å². The minimum Gasteiger partial charge on any atom is -0.406 e. The van der Waals surface area contributed by atoms with E-state index < -0.39 is 12.3 Å². The first kappa shape index (κ1) is 14.9. The van der Waals surface area contributed by atoms with Crippen LogP contribution in [0.25, 0.3) is 0 Å². The minimum atomic E-state index is -4.75. The normalized spacial score (nSPS) is 12.5. The number of benzene rings is 2. The lowest BCUT2D eigenvalue weighted by Gasteiger charge is -2.13. The van der Waals surface area contributed by atoms with Crippen LogP contribution in [0, 0.1) is 18.3 Å². The van der Waals surface area contributed by atoms with E-state index in [-0.39, 0.29) is 5.75 Å². The lowest BCUT2D eigenvalue weighted by Crippen LogP contribution is -2.17. The van der Waals surface area contributed by atoms with E-state index in [9.17, 15) is 18.4 Å². The number of halogens is 3. The molecule has 1 unspecified atom stereocenters. The van der Waals surface area contributed by atoms with Crippen LogP contribution in [0.4, 0.5) is 13.2 Å². The highest BCUT2D eigenvalue weighted by molar-refractivity contribution is 5.42. The van der Waals surface area contributed by atoms with Gasteiger partial charge in [0.1, 0.15) is 5.75 Å². The van der Waals surface area contributed by atoms with Crippen LogP contribution < -0.4 is 4.74 Å². The minimum absolute atomic E-state index is 0.326. The maximum atomic E-state index is 12.2. The maximum Gasteiger partial charge on any atom is 0.573 e. The lowest BCUT2D eigenvalue weighted by molar-refractivity contribution is -0.274. The summed E-state index contributed by atoms with van der Waals surface area (Å²) in [5.41, 5.74) is 2.18. The molecule has 0 fully saturated rings. The lowest BCUT2D eigenvalue weighted by atomic mass is 9.91. The first-order valence-electron chi connectivity index (χ1n) is 6.21. The Morgan fingerprint density at radius 3 is 2.24 bits per heavy atom. The van der Waals surface area contributed by atoms with Crippen LogP contribution in [0.15, 0.2) is 48.5 Å². The van der Waals surface area contributed by atoms with Gasteiger partial charge in [0.25, 0.3) is 0 Å². The van der Waals surface area contributed by atoms with Gasteiger partial charge in [-0.3, -0.25) is 0 Å². The van der Waals surface area contributed by atoms with Crippen LogP contribution >= 0.6 is 0 Å². The fourth-order valence-electron chi connectivity index (χ4n) is 2.08. The molecule has 0 saturated carbocycles. The Kier molecular flexibility index (Phi) is 4.18. The highest BCUT2D eigenvalue weighted by Crippen LogP contribution is 2.29. The van der Waals surface area contributed by atoms with Crippen molar-refractivity contribution in [1.82, 2.24) is 0 Å². The molecule has 0 saturated heterocycles. The Morgan fingerprint density at radius 1 is 1.05 bits per heavy atom. The molecule has 0 aliphatic rings. The third-order valence-corrected chi connectivity index (χ3v) is 2.93. The highest BCUT2D eigenvalue weighted by Gasteiger charge is 2.31. The molecule has 2 aromatic rings. The van der Waals surface area contributed by atoms with Crippen LogP contribution in [0.3, 0.4) is 0 Å². The van der Waals surface area contributed by atoms with E-state index in [4.69, 9.17) is 0 Å². The number of hydrogen-bond donors (Lipinski definition) is 0. The highest BCUT2D eigenvalue weighted by atomic mass is 19.4. The molecular formula is C16H12F3NO. The molecule has 21 heavy (non-hydrogen) atoms. The fourth-order valence-corrected chi connectivity index (χ4v) is 2.08. The summed E-state index contributed by atoms with van der Waals surface area (Å²) >= 11 is 0. The van der Waals surface area contributed by atoms with Crippen molar-refractivity contribution in [1.29, 1.82) is 5.26 Å². The second kappa shape index (κ2) is 5.88. The van der Waals surface area contributed by atoms with Crippen LogP contribution in [-0.4, -0.2) is 6.36 Å². The van der Waals surface area contributed by atoms with Crippen molar-refractivity contribution >= 4 is 0 Å². The summed E-state index contributed by atoms with van der Waals surface area (Å²) < 4.78 is 40.6. The first-order chi connectivity index (χ1) is 9.89. The summed E-state index contributed by atoms with van der Waals surface area (Å²) in [6.45, 7) is 1.89. The molecule has 0 aromatic heterocycles. The van der Waals surface area contributed by atoms with E-state index in [0.717, 1.165) is 11.1 Å². The largest absolute Gasteiger partial charge is 0.573 e. The summed E-state index contributed by atoms with van der Waals surface area (Å²) in [4.78, 5) is 0. The van der Waals surface area contributed by atoms with Gasteiger partial charge in [-0.2, -0.15) is 5.26 Å². The number of ether oxygens (including phenoxy) is 1. The molecule has 0 bridgehead atoms. The third-order valence-electron chi connectivity index (χ3n) is 2.93. The number of aryl methyl sites for hydroxylation is 1. The van der Waals surface area contributed by atoms with Crippen molar-refractivity contribution in [2.75, 3.05) is 0 Å². The topological polar surface area (TPSA) is 33.0 Å². The van der Waals surface area contributed by atoms with Crippen molar-refractivity contribution in [2.24, 2.45) is 0 Å². The van der Waals surface area contributed by atoms with Gasteiger partial charge in [-0.25, -0.2) is 0 Å². The van der Waals surface area contributed by atoms with Crippen LogP contribution in [-0.2, 0) is 0 Å². The Balaban J connectivity index is 2.35. The van der Waals surface area contributed by atoms with Gasteiger partial charge < -0.3 is 4.74 Å². The number of nitrogens with zero attached hydrogens (tertiary/aromatic N) is 1. The van der Waals surface area contributed by atoms with Crippen molar-refractivity contribution in [2.45, 2.75) is 19.2 Å². The van der Waals surface area contributed by atoms with Gasteiger partial charge in [0, 0.05) is 0 Å². The predicted molar refractivity (Wildman–Crippen MR) is 71.8 cm³/mol. The number of rotatable bonds is 3. The predicted octanol–water partition coefficient (Wildman–Crippen LogP) is 4.55. The number of hydrogen-bond acceptors (Lipinski definition) is 2. The summed E-state index contributed by atoms with van der Waals surface area (Å²) in [6.07, 6.45) is -4.75.